The van der Waals surface area contributed by atoms with Gasteiger partial charge in [0, 0.05) is 10.7 Å². The van der Waals surface area contributed by atoms with Crippen molar-refractivity contribution in [3.05, 3.63) is 93.5 Å². The van der Waals surface area contributed by atoms with E-state index in [1.807, 2.05) is 0 Å². The predicted octanol–water partition coefficient (Wildman–Crippen LogP) is 5.32. The van der Waals surface area contributed by atoms with Crippen LogP contribution in [0.3, 0.4) is 0 Å². The van der Waals surface area contributed by atoms with Gasteiger partial charge in [0.15, 0.2) is 0 Å². The average molecular weight is 487 g/mol. The number of anilines is 2. The highest BCUT2D eigenvalue weighted by Gasteiger charge is 2.31. The lowest BCUT2D eigenvalue weighted by Gasteiger charge is -2.26. The summed E-state index contributed by atoms with van der Waals surface area (Å²) in [6.07, 6.45) is 0. The lowest BCUT2D eigenvalue weighted by Crippen LogP contribution is -2.38. The molecule has 0 fully saturated rings. The highest BCUT2D eigenvalue weighted by Crippen LogP contribution is 2.31. The SMILES string of the molecule is COc1ccc(NC(=O)N(S)C(C(=O)Nc2cccc(Cl)c2)c2ccccc2)c([N+](=O)[O-])c1. The number of thiol groups is 1. The standard InChI is InChI=1S/C22H19ClN4O5S/c1-32-17-10-11-18(19(13-17)27(30)31)25-22(29)26(33)20(14-6-3-2-4-7-14)21(28)24-16-9-5-8-15(23)12-16/h2-13,20,33H,1H3,(H,24,28)(H,25,29). The van der Waals surface area contributed by atoms with Crippen LogP contribution in [0.2, 0.25) is 5.02 Å². The van der Waals surface area contributed by atoms with Crippen LogP contribution in [-0.2, 0) is 4.79 Å². The zero-order valence-electron chi connectivity index (χ0n) is 17.3. The number of rotatable bonds is 7. The van der Waals surface area contributed by atoms with Gasteiger partial charge in [-0.05, 0) is 35.9 Å². The third-order valence-electron chi connectivity index (χ3n) is 4.55. The van der Waals surface area contributed by atoms with Gasteiger partial charge in [0.25, 0.3) is 11.6 Å². The third-order valence-corrected chi connectivity index (χ3v) is 5.20. The van der Waals surface area contributed by atoms with E-state index in [1.165, 1.54) is 25.3 Å². The topological polar surface area (TPSA) is 114 Å². The molecule has 0 saturated carbocycles. The summed E-state index contributed by atoms with van der Waals surface area (Å²) in [6, 6.07) is 17.0. The number of hydrogen-bond acceptors (Lipinski definition) is 6. The fraction of sp³-hybridized carbons (Fsp3) is 0.0909. The largest absolute Gasteiger partial charge is 0.496 e. The lowest BCUT2D eigenvalue weighted by molar-refractivity contribution is -0.384. The summed E-state index contributed by atoms with van der Waals surface area (Å²) >= 11 is 10.2. The molecule has 1 atom stereocenters. The molecule has 11 heteroatoms. The van der Waals surface area contributed by atoms with Crippen molar-refractivity contribution in [2.75, 3.05) is 17.7 Å². The molecule has 3 rings (SSSR count). The maximum atomic E-state index is 13.1. The van der Waals surface area contributed by atoms with E-state index in [0.29, 0.717) is 16.3 Å². The maximum absolute atomic E-state index is 13.1. The van der Waals surface area contributed by atoms with E-state index in [2.05, 4.69) is 23.4 Å². The number of ether oxygens (including phenoxy) is 1. The Morgan fingerprint density at radius 3 is 2.42 bits per heavy atom. The minimum Gasteiger partial charge on any atom is -0.496 e. The molecule has 3 aromatic carbocycles. The van der Waals surface area contributed by atoms with Crippen molar-refractivity contribution in [1.29, 1.82) is 0 Å². The van der Waals surface area contributed by atoms with E-state index in [-0.39, 0.29) is 17.1 Å². The normalized spacial score (nSPS) is 11.2. The van der Waals surface area contributed by atoms with E-state index >= 15 is 0 Å². The van der Waals surface area contributed by atoms with Gasteiger partial charge in [0.1, 0.15) is 17.5 Å². The second kappa shape index (κ2) is 10.7. The number of carbonyl (C=O) groups excluding carboxylic acids is 2. The molecule has 0 radical (unpaired) electrons. The van der Waals surface area contributed by atoms with E-state index in [9.17, 15) is 19.7 Å². The van der Waals surface area contributed by atoms with Crippen molar-refractivity contribution in [1.82, 2.24) is 4.31 Å². The van der Waals surface area contributed by atoms with Crippen molar-refractivity contribution in [3.63, 3.8) is 0 Å². The first-order valence-electron chi connectivity index (χ1n) is 9.53. The number of nitro groups is 1. The minimum absolute atomic E-state index is 0.0769. The second-order valence-corrected chi connectivity index (χ2v) is 7.60. The predicted molar refractivity (Wildman–Crippen MR) is 129 cm³/mol. The van der Waals surface area contributed by atoms with Crippen LogP contribution in [0.5, 0.6) is 5.75 Å². The van der Waals surface area contributed by atoms with Crippen LogP contribution in [0.1, 0.15) is 11.6 Å². The van der Waals surface area contributed by atoms with E-state index in [1.54, 1.807) is 54.6 Å². The van der Waals surface area contributed by atoms with E-state index in [0.717, 1.165) is 4.31 Å². The van der Waals surface area contributed by atoms with E-state index < -0.39 is 22.9 Å². The molecule has 0 bridgehead atoms. The number of methoxy groups -OCH3 is 1. The molecule has 0 aliphatic rings. The molecule has 3 amide bonds. The van der Waals surface area contributed by atoms with Crippen molar-refractivity contribution in [2.45, 2.75) is 6.04 Å². The molecular formula is C22H19ClN4O5S. The molecule has 3 aromatic rings. The van der Waals surface area contributed by atoms with Gasteiger partial charge in [-0.2, -0.15) is 0 Å². The van der Waals surface area contributed by atoms with Gasteiger partial charge in [-0.25, -0.2) is 4.79 Å². The molecule has 0 saturated heterocycles. The summed E-state index contributed by atoms with van der Waals surface area (Å²) in [5.41, 5.74) is 0.462. The Labute approximate surface area is 200 Å². The number of nitrogens with zero attached hydrogens (tertiary/aromatic N) is 2. The molecule has 2 N–H and O–H groups in total. The Kier molecular flexibility index (Phi) is 7.75. The number of carbonyl (C=O) groups is 2. The van der Waals surface area contributed by atoms with Gasteiger partial charge in [0.05, 0.1) is 18.1 Å². The first-order chi connectivity index (χ1) is 15.8. The molecule has 0 aliphatic heterocycles. The van der Waals surface area contributed by atoms with Crippen LogP contribution in [0.25, 0.3) is 0 Å². The summed E-state index contributed by atoms with van der Waals surface area (Å²) in [6.45, 7) is 0. The van der Waals surface area contributed by atoms with Crippen LogP contribution < -0.4 is 15.4 Å². The van der Waals surface area contributed by atoms with Gasteiger partial charge < -0.3 is 15.4 Å². The first kappa shape index (κ1) is 23.9. The van der Waals surface area contributed by atoms with Crippen LogP contribution in [0, 0.1) is 10.1 Å². The van der Waals surface area contributed by atoms with Gasteiger partial charge in [-0.1, -0.05) is 60.8 Å². The van der Waals surface area contributed by atoms with Crippen molar-refractivity contribution in [2.24, 2.45) is 0 Å². The summed E-state index contributed by atoms with van der Waals surface area (Å²) in [7, 11) is 1.37. The zero-order chi connectivity index (χ0) is 24.0. The van der Waals surface area contributed by atoms with Crippen LogP contribution in [0.4, 0.5) is 21.9 Å². The summed E-state index contributed by atoms with van der Waals surface area (Å²) < 4.78 is 5.86. The van der Waals surface area contributed by atoms with Crippen LogP contribution in [-0.4, -0.2) is 28.3 Å². The molecule has 0 aromatic heterocycles. The van der Waals surface area contributed by atoms with Crippen molar-refractivity contribution >= 4 is 53.4 Å². The van der Waals surface area contributed by atoms with Gasteiger partial charge in [0.2, 0.25) is 0 Å². The third kappa shape index (κ3) is 5.93. The molecule has 9 nitrogen and oxygen atoms in total. The fourth-order valence-corrected chi connectivity index (χ4v) is 3.48. The Balaban J connectivity index is 1.89. The minimum atomic E-state index is -1.16. The molecule has 33 heavy (non-hydrogen) atoms. The Morgan fingerprint density at radius 2 is 1.79 bits per heavy atom. The average Bonchev–Trinajstić information content (AvgIpc) is 2.80. The zero-order valence-corrected chi connectivity index (χ0v) is 18.9. The van der Waals surface area contributed by atoms with Gasteiger partial charge >= 0.3 is 6.03 Å². The summed E-state index contributed by atoms with van der Waals surface area (Å²) in [4.78, 5) is 36.9. The number of amides is 3. The molecule has 0 aliphatic carbocycles. The number of hydrogen-bond donors (Lipinski definition) is 3. The fourth-order valence-electron chi connectivity index (χ4n) is 3.00. The molecule has 170 valence electrons. The van der Waals surface area contributed by atoms with Crippen molar-refractivity contribution in [3.8, 4) is 5.75 Å². The van der Waals surface area contributed by atoms with Crippen LogP contribution in [0.15, 0.2) is 72.8 Å². The van der Waals surface area contributed by atoms with Gasteiger partial charge in [-0.15, -0.1) is 0 Å². The molecular weight excluding hydrogens is 468 g/mol. The smallest absolute Gasteiger partial charge is 0.332 e. The number of nitro benzene ring substituents is 1. The number of benzene rings is 3. The number of halogens is 1. The summed E-state index contributed by atoms with van der Waals surface area (Å²) in [5.74, 6) is -0.302. The highest BCUT2D eigenvalue weighted by molar-refractivity contribution is 7.78. The Bertz CT molecular complexity index is 1180. The van der Waals surface area contributed by atoms with Crippen LogP contribution >= 0.6 is 24.4 Å². The summed E-state index contributed by atoms with van der Waals surface area (Å²) in [5, 5.41) is 17.0. The number of urea groups is 1. The lowest BCUT2D eigenvalue weighted by atomic mass is 10.1. The first-order valence-corrected chi connectivity index (χ1v) is 10.3. The Hall–Kier alpha value is -3.76. The van der Waals surface area contributed by atoms with Crippen molar-refractivity contribution < 1.29 is 19.2 Å². The highest BCUT2D eigenvalue weighted by atomic mass is 35.5. The number of nitrogens with one attached hydrogen (secondary N) is 2. The molecule has 0 heterocycles. The second-order valence-electron chi connectivity index (χ2n) is 6.73. The maximum Gasteiger partial charge on any atom is 0.332 e. The molecule has 0 spiro atoms. The molecule has 1 unspecified atom stereocenters. The Morgan fingerprint density at radius 1 is 1.06 bits per heavy atom. The monoisotopic (exact) mass is 486 g/mol. The van der Waals surface area contributed by atoms with E-state index in [4.69, 9.17) is 16.3 Å². The quantitative estimate of drug-likeness (QED) is 0.238. The van der Waals surface area contributed by atoms with Gasteiger partial charge in [-0.3, -0.25) is 19.2 Å².